The summed E-state index contributed by atoms with van der Waals surface area (Å²) in [6, 6.07) is 6.09. The summed E-state index contributed by atoms with van der Waals surface area (Å²) in [6.07, 6.45) is 7.31. The average Bonchev–Trinajstić information content (AvgIpc) is 2.49. The zero-order chi connectivity index (χ0) is 14.5. The van der Waals surface area contributed by atoms with Crippen molar-refractivity contribution in [1.82, 2.24) is 4.90 Å². The first-order valence-electron chi connectivity index (χ1n) is 6.84. The van der Waals surface area contributed by atoms with E-state index in [1.54, 1.807) is 0 Å². The minimum Gasteiger partial charge on any atom is -0.388 e. The van der Waals surface area contributed by atoms with Gasteiger partial charge in [-0.15, -0.1) is 0 Å². The second-order valence-corrected chi connectivity index (χ2v) is 5.30. The Hall–Kier alpha value is -1.68. The Labute approximate surface area is 126 Å². The lowest BCUT2D eigenvalue weighted by Crippen LogP contribution is -2.17. The maximum atomic E-state index is 4.70. The number of likely N-dealkylation sites (N-methyl/N-ethyl adjacent to an activating group) is 1. The predicted molar refractivity (Wildman–Crippen MR) is 91.6 cm³/mol. The van der Waals surface area contributed by atoms with Crippen LogP contribution in [0.2, 0.25) is 0 Å². The molecule has 3 nitrogen and oxygen atoms in total. The van der Waals surface area contributed by atoms with Crippen molar-refractivity contribution in [3.8, 4) is 0 Å². The minimum absolute atomic E-state index is 0.871. The molecular weight excluding hydrogens is 266 g/mol. The van der Waals surface area contributed by atoms with Crippen molar-refractivity contribution >= 4 is 29.7 Å². The van der Waals surface area contributed by atoms with Gasteiger partial charge in [-0.3, -0.25) is 0 Å². The molecular formula is C16H22N3S+. The molecule has 1 N–H and O–H groups in total. The lowest BCUT2D eigenvalue weighted by Gasteiger charge is -2.20. The fourth-order valence-electron chi connectivity index (χ4n) is 2.02. The number of hydrogen-bond acceptors (Lipinski definition) is 3. The number of anilines is 1. The molecule has 0 aromatic heterocycles. The molecule has 20 heavy (non-hydrogen) atoms. The predicted octanol–water partition coefficient (Wildman–Crippen LogP) is 2.97. The lowest BCUT2D eigenvalue weighted by atomic mass is 10.1. The largest absolute Gasteiger partial charge is 0.388 e. The molecule has 0 heterocycles. The van der Waals surface area contributed by atoms with E-state index in [2.05, 4.69) is 55.0 Å². The van der Waals surface area contributed by atoms with Gasteiger partial charge in [-0.05, 0) is 43.8 Å². The van der Waals surface area contributed by atoms with E-state index in [1.807, 2.05) is 25.2 Å². The molecule has 0 unspecified atom stereocenters. The molecule has 1 aromatic carbocycles. The van der Waals surface area contributed by atoms with Gasteiger partial charge in [0, 0.05) is 50.2 Å². The first-order chi connectivity index (χ1) is 9.63. The highest BCUT2D eigenvalue weighted by Crippen LogP contribution is 2.24. The van der Waals surface area contributed by atoms with Crippen LogP contribution in [0.15, 0.2) is 52.0 Å². The van der Waals surface area contributed by atoms with Crippen molar-refractivity contribution in [1.29, 1.82) is 0 Å². The molecule has 0 radical (unpaired) electrons. The quantitative estimate of drug-likeness (QED) is 0.863. The molecule has 0 atom stereocenters. The molecule has 0 saturated carbocycles. The van der Waals surface area contributed by atoms with Gasteiger partial charge in [0.2, 0.25) is 0 Å². The normalized spacial score (nSPS) is 16.2. The van der Waals surface area contributed by atoms with Gasteiger partial charge in [-0.2, -0.15) is 0 Å². The fraction of sp³-hybridized carbons (Fsp3) is 0.312. The Balaban J connectivity index is 2.15. The van der Waals surface area contributed by atoms with Crippen LogP contribution in [0.1, 0.15) is 13.3 Å². The van der Waals surface area contributed by atoms with E-state index in [1.165, 1.54) is 5.70 Å². The van der Waals surface area contributed by atoms with Crippen LogP contribution in [0.5, 0.6) is 0 Å². The van der Waals surface area contributed by atoms with Crippen LogP contribution in [0.25, 0.3) is 0 Å². The third-order valence-electron chi connectivity index (χ3n) is 3.43. The molecule has 2 rings (SSSR count). The maximum Gasteiger partial charge on any atom is 0.178 e. The Bertz CT molecular complexity index is 573. The van der Waals surface area contributed by atoms with E-state index >= 15 is 0 Å². The fourth-order valence-corrected chi connectivity index (χ4v) is 2.31. The highest BCUT2D eigenvalue weighted by atomic mass is 32.1. The first-order valence-corrected chi connectivity index (χ1v) is 7.34. The van der Waals surface area contributed by atoms with Crippen LogP contribution >= 0.6 is 0 Å². The second kappa shape index (κ2) is 6.66. The molecule has 1 aliphatic rings. The van der Waals surface area contributed by atoms with Gasteiger partial charge < -0.3 is 10.2 Å². The van der Waals surface area contributed by atoms with Gasteiger partial charge in [0.1, 0.15) is 5.69 Å². The summed E-state index contributed by atoms with van der Waals surface area (Å²) in [5.41, 5.74) is 4.37. The summed E-state index contributed by atoms with van der Waals surface area (Å²) >= 11 is 3.62. The molecule has 1 aliphatic carbocycles. The smallest absolute Gasteiger partial charge is 0.178 e. The van der Waals surface area contributed by atoms with Crippen LogP contribution in [-0.4, -0.2) is 31.3 Å². The Morgan fingerprint density at radius 2 is 2.15 bits per heavy atom. The maximum absolute atomic E-state index is 4.70. The van der Waals surface area contributed by atoms with Crippen LogP contribution in [0, 0.1) is 0 Å². The molecule has 0 aliphatic heterocycles. The SMILES string of the molecule is CCN(C)C1=CCC(=Nc2ccc(NC)cc2[SH2+])C=C1. The van der Waals surface area contributed by atoms with Gasteiger partial charge in [0.05, 0.1) is 0 Å². The van der Waals surface area contributed by atoms with Crippen LogP contribution in [-0.2, 0) is 12.6 Å². The standard InChI is InChI=1S/C16H21N3S/c1-4-19(3)14-8-5-12(6-9-14)18-15-10-7-13(17-2)11-16(15)20/h5,7-11,17,20H,4,6H2,1-3H3/p+1. The molecule has 0 fully saturated rings. The zero-order valence-corrected chi connectivity index (χ0v) is 13.3. The summed E-state index contributed by atoms with van der Waals surface area (Å²) in [6.45, 7) is 3.16. The number of nitrogens with one attached hydrogen (secondary N) is 1. The monoisotopic (exact) mass is 288 g/mol. The molecule has 0 amide bonds. The van der Waals surface area contributed by atoms with Gasteiger partial charge >= 0.3 is 0 Å². The zero-order valence-electron chi connectivity index (χ0n) is 12.3. The van der Waals surface area contributed by atoms with Crippen molar-refractivity contribution in [2.75, 3.05) is 26.0 Å². The van der Waals surface area contributed by atoms with Crippen LogP contribution in [0.3, 0.4) is 0 Å². The third kappa shape index (κ3) is 3.45. The van der Waals surface area contributed by atoms with Crippen LogP contribution in [0.4, 0.5) is 11.4 Å². The van der Waals surface area contributed by atoms with E-state index in [4.69, 9.17) is 4.99 Å². The van der Waals surface area contributed by atoms with Crippen LogP contribution < -0.4 is 5.32 Å². The summed E-state index contributed by atoms with van der Waals surface area (Å²) in [5.74, 6) is 0. The summed E-state index contributed by atoms with van der Waals surface area (Å²) in [5, 5.41) is 3.11. The van der Waals surface area contributed by atoms with Crippen molar-refractivity contribution in [2.24, 2.45) is 4.99 Å². The van der Waals surface area contributed by atoms with E-state index in [9.17, 15) is 0 Å². The third-order valence-corrected chi connectivity index (χ3v) is 3.83. The lowest BCUT2D eigenvalue weighted by molar-refractivity contribution is 0.454. The Morgan fingerprint density at radius 1 is 1.35 bits per heavy atom. The summed E-state index contributed by atoms with van der Waals surface area (Å²) in [4.78, 5) is 7.93. The highest BCUT2D eigenvalue weighted by molar-refractivity contribution is 7.59. The first kappa shape index (κ1) is 14.7. The van der Waals surface area contributed by atoms with Gasteiger partial charge in [-0.1, -0.05) is 6.08 Å². The molecule has 4 heteroatoms. The van der Waals surface area contributed by atoms with Gasteiger partial charge in [-0.25, -0.2) is 4.99 Å². The Kier molecular flexibility index (Phi) is 4.90. The second-order valence-electron chi connectivity index (χ2n) is 4.77. The molecule has 106 valence electrons. The summed E-state index contributed by atoms with van der Waals surface area (Å²) in [7, 11) is 4.01. The van der Waals surface area contributed by atoms with E-state index in [0.29, 0.717) is 0 Å². The Morgan fingerprint density at radius 3 is 2.70 bits per heavy atom. The molecule has 0 bridgehead atoms. The number of benzene rings is 1. The number of aliphatic imine (C=N–C) groups is 1. The number of nitrogens with zero attached hydrogens (tertiary/aromatic N) is 2. The number of rotatable bonds is 4. The summed E-state index contributed by atoms with van der Waals surface area (Å²) < 4.78 is 0. The van der Waals surface area contributed by atoms with E-state index in [-0.39, 0.29) is 0 Å². The molecule has 0 saturated heterocycles. The van der Waals surface area contributed by atoms with Crippen molar-refractivity contribution < 1.29 is 0 Å². The average molecular weight is 288 g/mol. The van der Waals surface area contributed by atoms with Crippen molar-refractivity contribution in [3.05, 3.63) is 42.1 Å². The molecule has 0 spiro atoms. The number of allylic oxidation sites excluding steroid dienone is 3. The van der Waals surface area contributed by atoms with E-state index in [0.717, 1.165) is 34.9 Å². The van der Waals surface area contributed by atoms with Crippen molar-refractivity contribution in [3.63, 3.8) is 0 Å². The van der Waals surface area contributed by atoms with E-state index < -0.39 is 0 Å². The molecule has 1 aromatic rings. The topological polar surface area (TPSA) is 27.6 Å². The van der Waals surface area contributed by atoms with Gasteiger partial charge in [0.25, 0.3) is 0 Å². The minimum atomic E-state index is 0.871. The highest BCUT2D eigenvalue weighted by Gasteiger charge is 2.08. The van der Waals surface area contributed by atoms with Crippen molar-refractivity contribution in [2.45, 2.75) is 18.2 Å². The van der Waals surface area contributed by atoms with Gasteiger partial charge in [0.15, 0.2) is 4.90 Å². The number of hydrogen-bond donors (Lipinski definition) is 1.